The lowest BCUT2D eigenvalue weighted by atomic mass is 9.84. The van der Waals surface area contributed by atoms with Crippen LogP contribution in [0.1, 0.15) is 57.1 Å². The first-order valence-corrected chi connectivity index (χ1v) is 13.4. The molecule has 6 nitrogen and oxygen atoms in total. The molecule has 1 heterocycles. The first kappa shape index (κ1) is 25.8. The first-order chi connectivity index (χ1) is 17.6. The van der Waals surface area contributed by atoms with Gasteiger partial charge in [-0.15, -0.1) is 0 Å². The Labute approximate surface area is 214 Å². The van der Waals surface area contributed by atoms with Crippen molar-refractivity contribution in [2.24, 2.45) is 5.92 Å². The van der Waals surface area contributed by atoms with Gasteiger partial charge in [0.05, 0.1) is 13.2 Å². The van der Waals surface area contributed by atoms with Gasteiger partial charge in [-0.2, -0.15) is 0 Å². The van der Waals surface area contributed by atoms with E-state index in [9.17, 15) is 9.59 Å². The van der Waals surface area contributed by atoms with E-state index in [1.54, 1.807) is 0 Å². The van der Waals surface area contributed by atoms with Crippen molar-refractivity contribution in [2.45, 2.75) is 58.9 Å². The molecule has 0 spiro atoms. The maximum absolute atomic E-state index is 13.6. The number of nitrogens with one attached hydrogen (secondary N) is 1. The minimum absolute atomic E-state index is 0.00695. The van der Waals surface area contributed by atoms with Crippen molar-refractivity contribution in [3.8, 4) is 5.75 Å². The number of benzene rings is 2. The molecule has 1 aliphatic carbocycles. The number of rotatable bonds is 13. The maximum atomic E-state index is 13.6. The highest BCUT2D eigenvalue weighted by molar-refractivity contribution is 5.86. The molecule has 1 aliphatic rings. The second-order valence-corrected chi connectivity index (χ2v) is 9.74. The van der Waals surface area contributed by atoms with Crippen molar-refractivity contribution in [3.63, 3.8) is 0 Å². The maximum Gasteiger partial charge on any atom is 0.242 e. The smallest absolute Gasteiger partial charge is 0.242 e. The molecule has 1 saturated carbocycles. The summed E-state index contributed by atoms with van der Waals surface area (Å²) in [5.74, 6) is 1.09. The lowest BCUT2D eigenvalue weighted by Crippen LogP contribution is -2.46. The minimum Gasteiger partial charge on any atom is -0.494 e. The van der Waals surface area contributed by atoms with Crippen LogP contribution in [0.4, 0.5) is 0 Å². The van der Waals surface area contributed by atoms with Crippen molar-refractivity contribution in [2.75, 3.05) is 26.2 Å². The second-order valence-electron chi connectivity index (χ2n) is 9.74. The van der Waals surface area contributed by atoms with Crippen molar-refractivity contribution in [1.82, 2.24) is 14.8 Å². The summed E-state index contributed by atoms with van der Waals surface area (Å²) in [5.41, 5.74) is 3.35. The van der Waals surface area contributed by atoms with Gasteiger partial charge in [0.25, 0.3) is 0 Å². The van der Waals surface area contributed by atoms with E-state index >= 15 is 0 Å². The molecule has 0 atom stereocenters. The summed E-state index contributed by atoms with van der Waals surface area (Å²) in [6.07, 6.45) is 7.72. The summed E-state index contributed by atoms with van der Waals surface area (Å²) in [7, 11) is 0. The number of ether oxygens (including phenoxy) is 1. The van der Waals surface area contributed by atoms with E-state index in [4.69, 9.17) is 4.74 Å². The fourth-order valence-electron chi connectivity index (χ4n) is 4.76. The molecular formula is C30H39N3O3. The lowest BCUT2D eigenvalue weighted by Gasteiger charge is -2.33. The van der Waals surface area contributed by atoms with Crippen LogP contribution < -0.4 is 4.74 Å². The average molecular weight is 490 g/mol. The lowest BCUT2D eigenvalue weighted by molar-refractivity contribution is -0.145. The molecule has 0 unspecified atom stereocenters. The van der Waals surface area contributed by atoms with Crippen LogP contribution in [0.5, 0.6) is 5.75 Å². The fraction of sp³-hybridized carbons (Fsp3) is 0.467. The highest BCUT2D eigenvalue weighted by Gasteiger charge is 2.31. The number of fused-ring (bicyclic) bond motifs is 1. The number of hydrogen-bond donors (Lipinski definition) is 1. The van der Waals surface area contributed by atoms with E-state index in [-0.39, 0.29) is 24.3 Å². The summed E-state index contributed by atoms with van der Waals surface area (Å²) < 4.78 is 5.58. The van der Waals surface area contributed by atoms with E-state index in [2.05, 4.69) is 24.0 Å². The minimum atomic E-state index is 0.00695. The number of aromatic nitrogens is 1. The van der Waals surface area contributed by atoms with E-state index in [0.29, 0.717) is 26.2 Å². The second kappa shape index (κ2) is 12.6. The zero-order chi connectivity index (χ0) is 25.3. The number of amides is 2. The Kier molecular flexibility index (Phi) is 9.04. The SMILES string of the molecule is CCCCN(CC(=O)N(CCc1c[nH]c2ccccc12)Cc1ccc(OCC)cc1)C(=O)C1CCC1. The Morgan fingerprint density at radius 2 is 1.78 bits per heavy atom. The molecule has 1 N–H and O–H groups in total. The Balaban J connectivity index is 1.49. The monoisotopic (exact) mass is 489 g/mol. The van der Waals surface area contributed by atoms with Gasteiger partial charge >= 0.3 is 0 Å². The van der Waals surface area contributed by atoms with Crippen LogP contribution in [0.25, 0.3) is 10.9 Å². The molecular weight excluding hydrogens is 450 g/mol. The largest absolute Gasteiger partial charge is 0.494 e. The molecule has 6 heteroatoms. The normalized spacial score (nSPS) is 13.4. The Morgan fingerprint density at radius 1 is 1.00 bits per heavy atom. The highest BCUT2D eigenvalue weighted by Crippen LogP contribution is 2.28. The van der Waals surface area contributed by atoms with Gasteiger partial charge in [0, 0.05) is 42.7 Å². The third-order valence-corrected chi connectivity index (χ3v) is 7.16. The molecule has 0 aliphatic heterocycles. The summed E-state index contributed by atoms with van der Waals surface area (Å²) in [5, 5.41) is 1.19. The zero-order valence-corrected chi connectivity index (χ0v) is 21.7. The zero-order valence-electron chi connectivity index (χ0n) is 21.7. The van der Waals surface area contributed by atoms with E-state index in [1.165, 1.54) is 10.9 Å². The van der Waals surface area contributed by atoms with Gasteiger partial charge in [-0.05, 0) is 61.9 Å². The number of carbonyl (C=O) groups is 2. The molecule has 1 aromatic heterocycles. The predicted molar refractivity (Wildman–Crippen MR) is 144 cm³/mol. The fourth-order valence-corrected chi connectivity index (χ4v) is 4.76. The van der Waals surface area contributed by atoms with Crippen LogP contribution in [-0.2, 0) is 22.6 Å². The summed E-state index contributed by atoms with van der Waals surface area (Å²) in [6, 6.07) is 16.2. The molecule has 192 valence electrons. The molecule has 0 saturated heterocycles. The van der Waals surface area contributed by atoms with Crippen molar-refractivity contribution < 1.29 is 14.3 Å². The average Bonchev–Trinajstić information content (AvgIpc) is 3.27. The van der Waals surface area contributed by atoms with E-state index in [1.807, 2.05) is 59.3 Å². The quantitative estimate of drug-likeness (QED) is 0.342. The molecule has 1 fully saturated rings. The Hall–Kier alpha value is -3.28. The van der Waals surface area contributed by atoms with Crippen molar-refractivity contribution in [3.05, 3.63) is 65.9 Å². The first-order valence-electron chi connectivity index (χ1n) is 13.4. The molecule has 2 aromatic carbocycles. The van der Waals surface area contributed by atoms with Gasteiger partial charge in [-0.25, -0.2) is 0 Å². The summed E-state index contributed by atoms with van der Waals surface area (Å²) >= 11 is 0. The van der Waals surface area contributed by atoms with E-state index in [0.717, 1.165) is 55.4 Å². The number of H-pyrrole nitrogens is 1. The van der Waals surface area contributed by atoms with Crippen molar-refractivity contribution in [1.29, 1.82) is 0 Å². The van der Waals surface area contributed by atoms with Crippen LogP contribution in [0.3, 0.4) is 0 Å². The molecule has 2 amide bonds. The summed E-state index contributed by atoms with van der Waals surface area (Å²) in [4.78, 5) is 33.8. The van der Waals surface area contributed by atoms with Crippen LogP contribution >= 0.6 is 0 Å². The van der Waals surface area contributed by atoms with Crippen LogP contribution in [0, 0.1) is 5.92 Å². The Bertz CT molecular complexity index is 1130. The van der Waals surface area contributed by atoms with Crippen LogP contribution in [-0.4, -0.2) is 52.8 Å². The molecule has 4 rings (SSSR count). The summed E-state index contributed by atoms with van der Waals surface area (Å²) in [6.45, 7) is 6.61. The van der Waals surface area contributed by atoms with Gasteiger partial charge in [0.15, 0.2) is 0 Å². The standard InChI is InChI=1S/C30H39N3O3/c1-3-5-18-33(30(35)24-9-8-10-24)22-29(34)32(21-23-13-15-26(16-14-23)36-4-2)19-17-25-20-31-28-12-7-6-11-27(25)28/h6-7,11-16,20,24,31H,3-5,8-10,17-19,21-22H2,1-2H3. The van der Waals surface area contributed by atoms with Gasteiger partial charge in [-0.1, -0.05) is 50.1 Å². The number of nitrogens with zero attached hydrogens (tertiary/aromatic N) is 2. The highest BCUT2D eigenvalue weighted by atomic mass is 16.5. The molecule has 0 bridgehead atoms. The van der Waals surface area contributed by atoms with Gasteiger partial charge in [0.1, 0.15) is 5.75 Å². The van der Waals surface area contributed by atoms with E-state index < -0.39 is 0 Å². The molecule has 36 heavy (non-hydrogen) atoms. The topological polar surface area (TPSA) is 65.6 Å². The van der Waals surface area contributed by atoms with Gasteiger partial charge < -0.3 is 19.5 Å². The number of para-hydroxylation sites is 1. The third kappa shape index (κ3) is 6.48. The van der Waals surface area contributed by atoms with Crippen molar-refractivity contribution >= 4 is 22.7 Å². The van der Waals surface area contributed by atoms with Crippen LogP contribution in [0.2, 0.25) is 0 Å². The number of aromatic amines is 1. The predicted octanol–water partition coefficient (Wildman–Crippen LogP) is 5.57. The Morgan fingerprint density at radius 3 is 2.47 bits per heavy atom. The molecule has 3 aromatic rings. The van der Waals surface area contributed by atoms with Gasteiger partial charge in [0.2, 0.25) is 11.8 Å². The number of hydrogen-bond acceptors (Lipinski definition) is 3. The van der Waals surface area contributed by atoms with Crippen LogP contribution in [0.15, 0.2) is 54.7 Å². The van der Waals surface area contributed by atoms with Gasteiger partial charge in [-0.3, -0.25) is 9.59 Å². The number of unbranched alkanes of at least 4 members (excludes halogenated alkanes) is 1. The number of carbonyl (C=O) groups excluding carboxylic acids is 2. The third-order valence-electron chi connectivity index (χ3n) is 7.16. The molecule has 0 radical (unpaired) electrons.